The minimum absolute atomic E-state index is 0.0741. The van der Waals surface area contributed by atoms with E-state index in [2.05, 4.69) is 10.1 Å². The van der Waals surface area contributed by atoms with Gasteiger partial charge in [-0.25, -0.2) is 4.79 Å². The van der Waals surface area contributed by atoms with Crippen LogP contribution in [0.3, 0.4) is 0 Å². The van der Waals surface area contributed by atoms with E-state index in [-0.39, 0.29) is 18.1 Å². The van der Waals surface area contributed by atoms with Crippen molar-refractivity contribution < 1.29 is 19.1 Å². The van der Waals surface area contributed by atoms with E-state index in [0.717, 1.165) is 12.0 Å². The number of esters is 1. The molecular weight excluding hydrogens is 296 g/mol. The van der Waals surface area contributed by atoms with E-state index in [1.54, 1.807) is 4.90 Å². The van der Waals surface area contributed by atoms with E-state index in [9.17, 15) is 9.59 Å². The number of morpholine rings is 1. The number of unbranched alkanes of at least 4 members (excludes halogenated alkanes) is 1. The quantitative estimate of drug-likeness (QED) is 0.644. The number of carbonyl (C=O) groups is 2. The molecule has 126 valence electrons. The number of hydrogen-bond acceptors (Lipinski definition) is 4. The third-order valence-electron chi connectivity index (χ3n) is 3.84. The van der Waals surface area contributed by atoms with E-state index in [0.29, 0.717) is 39.1 Å². The van der Waals surface area contributed by atoms with Gasteiger partial charge in [-0.15, -0.1) is 0 Å². The molecule has 0 aliphatic carbocycles. The lowest BCUT2D eigenvalue weighted by Gasteiger charge is -2.33. The first kappa shape index (κ1) is 17.3. The Kier molecular flexibility index (Phi) is 6.87. The largest absolute Gasteiger partial charge is 0.469 e. The summed E-state index contributed by atoms with van der Waals surface area (Å²) in [5.74, 6) is -0.213. The van der Waals surface area contributed by atoms with Crippen molar-refractivity contribution in [2.75, 3.05) is 33.4 Å². The molecule has 1 aromatic rings. The first-order valence-electron chi connectivity index (χ1n) is 7.97. The van der Waals surface area contributed by atoms with Crippen LogP contribution in [0.1, 0.15) is 30.9 Å². The average Bonchev–Trinajstić information content (AvgIpc) is 2.62. The zero-order valence-electron chi connectivity index (χ0n) is 13.5. The van der Waals surface area contributed by atoms with E-state index >= 15 is 0 Å². The molecule has 2 amide bonds. The zero-order chi connectivity index (χ0) is 16.5. The Bertz CT molecular complexity index is 507. The Morgan fingerprint density at radius 1 is 1.30 bits per heavy atom. The predicted octanol–water partition coefficient (Wildman–Crippen LogP) is 2.11. The van der Waals surface area contributed by atoms with E-state index in [1.807, 2.05) is 30.3 Å². The van der Waals surface area contributed by atoms with Crippen molar-refractivity contribution in [3.8, 4) is 0 Å². The zero-order valence-corrected chi connectivity index (χ0v) is 13.5. The third-order valence-corrected chi connectivity index (χ3v) is 3.84. The molecule has 2 rings (SSSR count). The molecule has 1 aliphatic heterocycles. The molecule has 1 fully saturated rings. The van der Waals surface area contributed by atoms with E-state index < -0.39 is 0 Å². The van der Waals surface area contributed by atoms with Crippen LogP contribution in [0.15, 0.2) is 30.3 Å². The molecule has 1 N–H and O–H groups in total. The number of rotatable bonds is 6. The summed E-state index contributed by atoms with van der Waals surface area (Å²) in [5.41, 5.74) is 1.09. The van der Waals surface area contributed by atoms with Crippen LogP contribution in [-0.2, 0) is 14.3 Å². The molecule has 0 bridgehead atoms. The van der Waals surface area contributed by atoms with Gasteiger partial charge in [0.05, 0.1) is 20.3 Å². The number of methoxy groups -OCH3 is 1. The molecule has 0 radical (unpaired) electrons. The molecule has 1 heterocycles. The molecule has 23 heavy (non-hydrogen) atoms. The van der Waals surface area contributed by atoms with Crippen molar-refractivity contribution in [3.05, 3.63) is 35.9 Å². The maximum atomic E-state index is 12.2. The maximum absolute atomic E-state index is 12.2. The van der Waals surface area contributed by atoms with Gasteiger partial charge in [-0.2, -0.15) is 0 Å². The summed E-state index contributed by atoms with van der Waals surface area (Å²) in [6.45, 7) is 2.24. The Balaban J connectivity index is 1.71. The van der Waals surface area contributed by atoms with Gasteiger partial charge < -0.3 is 19.7 Å². The van der Waals surface area contributed by atoms with Crippen molar-refractivity contribution in [1.29, 1.82) is 0 Å². The van der Waals surface area contributed by atoms with Crippen LogP contribution in [0.5, 0.6) is 0 Å². The smallest absolute Gasteiger partial charge is 0.317 e. The fourth-order valence-electron chi connectivity index (χ4n) is 2.51. The number of nitrogens with zero attached hydrogens (tertiary/aromatic N) is 1. The van der Waals surface area contributed by atoms with Crippen LogP contribution in [0, 0.1) is 0 Å². The van der Waals surface area contributed by atoms with Crippen molar-refractivity contribution in [2.45, 2.75) is 25.4 Å². The van der Waals surface area contributed by atoms with Crippen LogP contribution in [-0.4, -0.2) is 50.3 Å². The second-order valence-electron chi connectivity index (χ2n) is 5.48. The minimum atomic E-state index is -0.213. The van der Waals surface area contributed by atoms with Gasteiger partial charge in [0, 0.05) is 19.5 Å². The highest BCUT2D eigenvalue weighted by molar-refractivity contribution is 5.74. The van der Waals surface area contributed by atoms with Gasteiger partial charge in [-0.3, -0.25) is 4.79 Å². The molecule has 1 aliphatic rings. The lowest BCUT2D eigenvalue weighted by Crippen LogP contribution is -2.47. The Morgan fingerprint density at radius 2 is 2.09 bits per heavy atom. The van der Waals surface area contributed by atoms with E-state index in [4.69, 9.17) is 4.74 Å². The highest BCUT2D eigenvalue weighted by Gasteiger charge is 2.24. The number of hydrogen-bond donors (Lipinski definition) is 1. The maximum Gasteiger partial charge on any atom is 0.317 e. The molecular formula is C17H24N2O4. The van der Waals surface area contributed by atoms with E-state index in [1.165, 1.54) is 7.11 Å². The molecule has 1 atom stereocenters. The third kappa shape index (κ3) is 5.56. The number of nitrogens with one attached hydrogen (secondary N) is 1. The monoisotopic (exact) mass is 320 g/mol. The number of carbonyl (C=O) groups excluding carboxylic acids is 2. The molecule has 1 aromatic carbocycles. The van der Waals surface area contributed by atoms with Gasteiger partial charge in [-0.1, -0.05) is 30.3 Å². The van der Waals surface area contributed by atoms with Crippen molar-refractivity contribution >= 4 is 12.0 Å². The number of benzene rings is 1. The average molecular weight is 320 g/mol. The Hall–Kier alpha value is -2.08. The number of urea groups is 1. The highest BCUT2D eigenvalue weighted by atomic mass is 16.5. The van der Waals surface area contributed by atoms with Crippen molar-refractivity contribution in [3.63, 3.8) is 0 Å². The second-order valence-corrected chi connectivity index (χ2v) is 5.48. The molecule has 1 unspecified atom stereocenters. The van der Waals surface area contributed by atoms with Gasteiger partial charge in [-0.05, 0) is 18.4 Å². The molecule has 6 nitrogen and oxygen atoms in total. The normalized spacial score (nSPS) is 17.6. The summed E-state index contributed by atoms with van der Waals surface area (Å²) < 4.78 is 10.3. The highest BCUT2D eigenvalue weighted by Crippen LogP contribution is 2.21. The van der Waals surface area contributed by atoms with Gasteiger partial charge in [0.1, 0.15) is 6.10 Å². The minimum Gasteiger partial charge on any atom is -0.469 e. The summed E-state index contributed by atoms with van der Waals surface area (Å²) in [4.78, 5) is 25.0. The second kappa shape index (κ2) is 9.15. The van der Waals surface area contributed by atoms with Gasteiger partial charge in [0.2, 0.25) is 0 Å². The molecule has 0 aromatic heterocycles. The summed E-state index contributed by atoms with van der Waals surface area (Å²) in [6, 6.07) is 9.85. The van der Waals surface area contributed by atoms with Gasteiger partial charge in [0.25, 0.3) is 0 Å². The Labute approximate surface area is 136 Å². The molecule has 0 saturated carbocycles. The lowest BCUT2D eigenvalue weighted by molar-refractivity contribution is -0.140. The van der Waals surface area contributed by atoms with Crippen LogP contribution in [0.4, 0.5) is 4.79 Å². The Morgan fingerprint density at radius 3 is 2.83 bits per heavy atom. The van der Waals surface area contributed by atoms with Gasteiger partial charge in [0.15, 0.2) is 0 Å². The summed E-state index contributed by atoms with van der Waals surface area (Å²) in [6.07, 6.45) is 1.78. The van der Waals surface area contributed by atoms with Crippen LogP contribution < -0.4 is 5.32 Å². The van der Waals surface area contributed by atoms with Gasteiger partial charge >= 0.3 is 12.0 Å². The summed E-state index contributed by atoms with van der Waals surface area (Å²) >= 11 is 0. The molecule has 1 saturated heterocycles. The molecule has 0 spiro atoms. The fraction of sp³-hybridized carbons (Fsp3) is 0.529. The van der Waals surface area contributed by atoms with Crippen molar-refractivity contribution in [1.82, 2.24) is 10.2 Å². The van der Waals surface area contributed by atoms with Crippen LogP contribution in [0.2, 0.25) is 0 Å². The number of amides is 2. The van der Waals surface area contributed by atoms with Crippen LogP contribution >= 0.6 is 0 Å². The predicted molar refractivity (Wildman–Crippen MR) is 86.0 cm³/mol. The molecule has 6 heteroatoms. The summed E-state index contributed by atoms with van der Waals surface area (Å²) in [5, 5.41) is 2.90. The summed E-state index contributed by atoms with van der Waals surface area (Å²) in [7, 11) is 1.38. The fourth-order valence-corrected chi connectivity index (χ4v) is 2.51. The first-order valence-corrected chi connectivity index (χ1v) is 7.97. The standard InChI is InChI=1S/C17H24N2O4/c1-22-16(20)9-5-6-10-18-17(21)19-11-12-23-15(13-19)14-7-3-2-4-8-14/h2-4,7-8,15H,5-6,9-13H2,1H3,(H,18,21). The first-order chi connectivity index (χ1) is 11.2. The van der Waals surface area contributed by atoms with Crippen molar-refractivity contribution in [2.24, 2.45) is 0 Å². The topological polar surface area (TPSA) is 67.9 Å². The van der Waals surface area contributed by atoms with Crippen LogP contribution in [0.25, 0.3) is 0 Å². The SMILES string of the molecule is COC(=O)CCCCNC(=O)N1CCOC(c2ccccc2)C1. The number of ether oxygens (including phenoxy) is 2. The lowest BCUT2D eigenvalue weighted by atomic mass is 10.1.